The van der Waals surface area contributed by atoms with Crippen molar-refractivity contribution in [1.82, 2.24) is 4.98 Å². The van der Waals surface area contributed by atoms with Gasteiger partial charge in [-0.05, 0) is 36.1 Å². The fraction of sp³-hybridized carbons (Fsp3) is 0.0909. The van der Waals surface area contributed by atoms with Gasteiger partial charge in [-0.1, -0.05) is 0 Å². The third-order valence-electron chi connectivity index (χ3n) is 1.92. The number of pyridine rings is 1. The van der Waals surface area contributed by atoms with Crippen molar-refractivity contribution in [2.24, 2.45) is 0 Å². The van der Waals surface area contributed by atoms with E-state index in [-0.39, 0.29) is 5.91 Å². The number of aryl methyl sites for hydroxylation is 1. The normalized spacial score (nSPS) is 10.1. The first-order valence-electron chi connectivity index (χ1n) is 4.63. The maximum atomic E-state index is 12.6. The van der Waals surface area contributed by atoms with Crippen LogP contribution in [0.2, 0.25) is 0 Å². The van der Waals surface area contributed by atoms with E-state index in [2.05, 4.69) is 10.3 Å². The van der Waals surface area contributed by atoms with Gasteiger partial charge in [-0.15, -0.1) is 11.3 Å². The van der Waals surface area contributed by atoms with Crippen molar-refractivity contribution in [3.05, 3.63) is 46.0 Å². The molecule has 0 radical (unpaired) electrons. The Morgan fingerprint density at radius 1 is 1.50 bits per heavy atom. The van der Waals surface area contributed by atoms with E-state index in [9.17, 15) is 9.18 Å². The number of hydrogen-bond acceptors (Lipinski definition) is 3. The van der Waals surface area contributed by atoms with Crippen molar-refractivity contribution in [2.75, 3.05) is 5.32 Å². The molecule has 0 bridgehead atoms. The van der Waals surface area contributed by atoms with Gasteiger partial charge in [-0.3, -0.25) is 4.79 Å². The second-order valence-corrected chi connectivity index (χ2v) is 4.22. The van der Waals surface area contributed by atoms with Gasteiger partial charge >= 0.3 is 0 Å². The van der Waals surface area contributed by atoms with E-state index in [1.807, 2.05) is 12.3 Å². The minimum Gasteiger partial charge on any atom is -0.306 e. The van der Waals surface area contributed by atoms with Crippen LogP contribution in [0.15, 0.2) is 29.8 Å². The van der Waals surface area contributed by atoms with Gasteiger partial charge in [0.25, 0.3) is 5.91 Å². The molecule has 0 aromatic carbocycles. The Hall–Kier alpha value is -1.75. The van der Waals surface area contributed by atoms with Gasteiger partial charge in [-0.2, -0.15) is 0 Å². The van der Waals surface area contributed by atoms with Crippen LogP contribution in [-0.2, 0) is 0 Å². The molecule has 16 heavy (non-hydrogen) atoms. The monoisotopic (exact) mass is 236 g/mol. The summed E-state index contributed by atoms with van der Waals surface area (Å²) in [4.78, 5) is 16.0. The molecule has 0 spiro atoms. The summed E-state index contributed by atoms with van der Waals surface area (Å²) in [6.07, 6.45) is 1.06. The summed E-state index contributed by atoms with van der Waals surface area (Å²) in [7, 11) is 0. The van der Waals surface area contributed by atoms with Gasteiger partial charge in [0.2, 0.25) is 0 Å². The number of hydrogen-bond donors (Lipinski definition) is 1. The Labute approximate surface area is 96.0 Å². The Kier molecular flexibility index (Phi) is 2.96. The second kappa shape index (κ2) is 4.40. The summed E-state index contributed by atoms with van der Waals surface area (Å²) in [5, 5.41) is 4.49. The summed E-state index contributed by atoms with van der Waals surface area (Å²) < 4.78 is 12.6. The molecular formula is C11H9FN2OS. The number of aromatic nitrogens is 1. The minimum absolute atomic E-state index is 0.225. The van der Waals surface area contributed by atoms with E-state index in [1.54, 1.807) is 6.07 Å². The van der Waals surface area contributed by atoms with Crippen molar-refractivity contribution < 1.29 is 9.18 Å². The summed E-state index contributed by atoms with van der Waals surface area (Å²) in [5.41, 5.74) is 1.04. The molecule has 2 aromatic heterocycles. The molecule has 2 rings (SSSR count). The first-order valence-corrected chi connectivity index (χ1v) is 5.51. The van der Waals surface area contributed by atoms with Gasteiger partial charge in [0.05, 0.1) is 11.1 Å². The van der Waals surface area contributed by atoms with E-state index in [0.29, 0.717) is 10.7 Å². The van der Waals surface area contributed by atoms with Gasteiger partial charge < -0.3 is 5.32 Å². The van der Waals surface area contributed by atoms with Crippen LogP contribution in [0.3, 0.4) is 0 Å². The number of nitrogens with zero attached hydrogens (tertiary/aromatic N) is 1. The maximum Gasteiger partial charge on any atom is 0.266 e. The number of halogens is 1. The van der Waals surface area contributed by atoms with Gasteiger partial charge in [0.15, 0.2) is 0 Å². The molecule has 1 amide bonds. The van der Waals surface area contributed by atoms with Crippen molar-refractivity contribution >= 4 is 23.1 Å². The third kappa shape index (κ3) is 2.43. The smallest absolute Gasteiger partial charge is 0.266 e. The predicted octanol–water partition coefficient (Wildman–Crippen LogP) is 2.84. The summed E-state index contributed by atoms with van der Waals surface area (Å²) in [5.74, 6) is -0.306. The van der Waals surface area contributed by atoms with Crippen molar-refractivity contribution in [2.45, 2.75) is 6.92 Å². The summed E-state index contributed by atoms with van der Waals surface area (Å²) in [6, 6.07) is 4.47. The molecule has 0 aliphatic carbocycles. The molecule has 0 saturated heterocycles. The number of rotatable bonds is 2. The van der Waals surface area contributed by atoms with E-state index < -0.39 is 5.82 Å². The van der Waals surface area contributed by atoms with E-state index in [0.717, 1.165) is 11.8 Å². The van der Waals surface area contributed by atoms with Crippen LogP contribution >= 0.6 is 11.3 Å². The van der Waals surface area contributed by atoms with Crippen molar-refractivity contribution in [3.63, 3.8) is 0 Å². The predicted molar refractivity (Wildman–Crippen MR) is 61.2 cm³/mol. The van der Waals surface area contributed by atoms with Crippen molar-refractivity contribution in [1.29, 1.82) is 0 Å². The van der Waals surface area contributed by atoms with Crippen molar-refractivity contribution in [3.8, 4) is 0 Å². The highest BCUT2D eigenvalue weighted by molar-refractivity contribution is 7.12. The molecule has 0 aliphatic heterocycles. The topological polar surface area (TPSA) is 42.0 Å². The van der Waals surface area contributed by atoms with Gasteiger partial charge in [0.1, 0.15) is 11.6 Å². The van der Waals surface area contributed by atoms with Crippen LogP contribution in [0.1, 0.15) is 15.2 Å². The van der Waals surface area contributed by atoms with E-state index >= 15 is 0 Å². The highest BCUT2D eigenvalue weighted by Crippen LogP contribution is 2.15. The lowest BCUT2D eigenvalue weighted by atomic mass is 10.3. The molecule has 2 aromatic rings. The van der Waals surface area contributed by atoms with Crippen LogP contribution in [0.25, 0.3) is 0 Å². The molecule has 3 nitrogen and oxygen atoms in total. The number of nitrogens with one attached hydrogen (secondary N) is 1. The summed E-state index contributed by atoms with van der Waals surface area (Å²) >= 11 is 1.37. The standard InChI is InChI=1S/C11H9FN2OS/c1-7-4-9(16-6-7)11(15)14-10-3-2-8(12)5-13-10/h2-6H,1H3,(H,13,14,15). The lowest BCUT2D eigenvalue weighted by Crippen LogP contribution is -2.11. The Morgan fingerprint density at radius 3 is 2.88 bits per heavy atom. The minimum atomic E-state index is -0.426. The van der Waals surface area contributed by atoms with Crippen LogP contribution < -0.4 is 5.32 Å². The maximum absolute atomic E-state index is 12.6. The first kappa shape index (κ1) is 10.8. The van der Waals surface area contributed by atoms with Crippen LogP contribution in [-0.4, -0.2) is 10.9 Å². The Morgan fingerprint density at radius 2 is 2.31 bits per heavy atom. The van der Waals surface area contributed by atoms with Crippen LogP contribution in [0.5, 0.6) is 0 Å². The van der Waals surface area contributed by atoms with E-state index in [1.165, 1.54) is 23.5 Å². The molecule has 0 aliphatic rings. The third-order valence-corrected chi connectivity index (χ3v) is 2.97. The molecule has 82 valence electrons. The molecule has 5 heteroatoms. The van der Waals surface area contributed by atoms with Gasteiger partial charge in [-0.25, -0.2) is 9.37 Å². The molecule has 1 N–H and O–H groups in total. The number of amides is 1. The molecular weight excluding hydrogens is 227 g/mol. The summed E-state index contributed by atoms with van der Waals surface area (Å²) in [6.45, 7) is 1.92. The number of carbonyl (C=O) groups is 1. The van der Waals surface area contributed by atoms with Crippen LogP contribution in [0.4, 0.5) is 10.2 Å². The molecule has 2 heterocycles. The quantitative estimate of drug-likeness (QED) is 0.871. The fourth-order valence-electron chi connectivity index (χ4n) is 1.18. The first-order chi connectivity index (χ1) is 7.65. The SMILES string of the molecule is Cc1csc(C(=O)Nc2ccc(F)cn2)c1. The Bertz CT molecular complexity index is 507. The highest BCUT2D eigenvalue weighted by atomic mass is 32.1. The zero-order valence-corrected chi connectivity index (χ0v) is 9.34. The highest BCUT2D eigenvalue weighted by Gasteiger charge is 2.08. The molecule has 0 atom stereocenters. The average Bonchev–Trinajstić information content (AvgIpc) is 2.68. The Balaban J connectivity index is 2.10. The number of thiophene rings is 1. The number of anilines is 1. The lowest BCUT2D eigenvalue weighted by Gasteiger charge is -2.01. The van der Waals surface area contributed by atoms with Gasteiger partial charge in [0, 0.05) is 0 Å². The second-order valence-electron chi connectivity index (χ2n) is 3.30. The zero-order valence-electron chi connectivity index (χ0n) is 8.53. The van der Waals surface area contributed by atoms with Crippen LogP contribution in [0, 0.1) is 12.7 Å². The van der Waals surface area contributed by atoms with E-state index in [4.69, 9.17) is 0 Å². The molecule has 0 saturated carbocycles. The largest absolute Gasteiger partial charge is 0.306 e. The number of carbonyl (C=O) groups excluding carboxylic acids is 1. The lowest BCUT2D eigenvalue weighted by molar-refractivity contribution is 0.103. The average molecular weight is 236 g/mol. The molecule has 0 fully saturated rings. The fourth-order valence-corrected chi connectivity index (χ4v) is 1.97. The zero-order chi connectivity index (χ0) is 11.5. The molecule has 0 unspecified atom stereocenters.